The normalized spacial score (nSPS) is 24.0. The van der Waals surface area contributed by atoms with Gasteiger partial charge < -0.3 is 9.47 Å². The van der Waals surface area contributed by atoms with E-state index in [1.54, 1.807) is 13.0 Å². The molecule has 2 atom stereocenters. The lowest BCUT2D eigenvalue weighted by molar-refractivity contribution is -0.0395. The Hall–Kier alpha value is -2.98. The van der Waals surface area contributed by atoms with E-state index in [0.717, 1.165) is 30.1 Å². The second kappa shape index (κ2) is 11.6. The van der Waals surface area contributed by atoms with Crippen LogP contribution in [0.5, 0.6) is 5.75 Å². The maximum Gasteiger partial charge on any atom is 0.201 e. The first kappa shape index (κ1) is 25.7. The van der Waals surface area contributed by atoms with Gasteiger partial charge in [0, 0.05) is 5.56 Å². The molecule has 0 radical (unpaired) electrons. The van der Waals surface area contributed by atoms with Gasteiger partial charge in [0.25, 0.3) is 0 Å². The number of rotatable bonds is 7. The first-order valence-electron chi connectivity index (χ1n) is 13.6. The molecule has 0 bridgehead atoms. The molecule has 4 heteroatoms. The molecular formula is C33H36F2O2. The Morgan fingerprint density at radius 1 is 0.784 bits per heavy atom. The van der Waals surface area contributed by atoms with Crippen molar-refractivity contribution in [2.45, 2.75) is 51.6 Å². The van der Waals surface area contributed by atoms with E-state index in [4.69, 9.17) is 9.47 Å². The van der Waals surface area contributed by atoms with Crippen molar-refractivity contribution < 1.29 is 18.3 Å². The summed E-state index contributed by atoms with van der Waals surface area (Å²) in [6, 6.07) is 19.1. The minimum absolute atomic E-state index is 0.0615. The highest BCUT2D eigenvalue weighted by Gasteiger charge is 2.31. The highest BCUT2D eigenvalue weighted by atomic mass is 19.2. The van der Waals surface area contributed by atoms with E-state index in [2.05, 4.69) is 36.9 Å². The van der Waals surface area contributed by atoms with Crippen molar-refractivity contribution in [1.82, 2.24) is 0 Å². The van der Waals surface area contributed by atoms with Crippen LogP contribution in [0.15, 0.2) is 73.3 Å². The molecule has 0 amide bonds. The molecule has 1 aliphatic carbocycles. The molecule has 2 aliphatic rings. The molecule has 1 aliphatic heterocycles. The number of halogens is 2. The van der Waals surface area contributed by atoms with Gasteiger partial charge in [0.2, 0.25) is 5.82 Å². The highest BCUT2D eigenvalue weighted by Crippen LogP contribution is 2.41. The van der Waals surface area contributed by atoms with Crippen molar-refractivity contribution in [2.75, 3.05) is 13.2 Å². The molecule has 3 aromatic rings. The first-order valence-corrected chi connectivity index (χ1v) is 13.6. The zero-order valence-electron chi connectivity index (χ0n) is 21.6. The van der Waals surface area contributed by atoms with Crippen LogP contribution in [0.25, 0.3) is 22.3 Å². The summed E-state index contributed by atoms with van der Waals surface area (Å²) in [5.74, 6) is 0.300. The summed E-state index contributed by atoms with van der Waals surface area (Å²) >= 11 is 0. The van der Waals surface area contributed by atoms with Gasteiger partial charge in [-0.25, -0.2) is 4.39 Å². The van der Waals surface area contributed by atoms with Gasteiger partial charge in [-0.2, -0.15) is 4.39 Å². The third kappa shape index (κ3) is 5.65. The predicted octanol–water partition coefficient (Wildman–Crippen LogP) is 9.16. The number of allylic oxidation sites excluding steroid dienone is 1. The van der Waals surface area contributed by atoms with Gasteiger partial charge in [-0.1, -0.05) is 54.6 Å². The van der Waals surface area contributed by atoms with Gasteiger partial charge in [-0.05, 0) is 97.6 Å². The third-order valence-electron chi connectivity index (χ3n) is 8.29. The predicted molar refractivity (Wildman–Crippen MR) is 145 cm³/mol. The highest BCUT2D eigenvalue weighted by molar-refractivity contribution is 5.71. The number of hydrogen-bond acceptors (Lipinski definition) is 2. The van der Waals surface area contributed by atoms with Crippen molar-refractivity contribution in [3.63, 3.8) is 0 Å². The molecule has 194 valence electrons. The lowest BCUT2D eigenvalue weighted by Crippen LogP contribution is -2.29. The Labute approximate surface area is 219 Å². The maximum atomic E-state index is 14.6. The lowest BCUT2D eigenvalue weighted by atomic mass is 9.73. The lowest BCUT2D eigenvalue weighted by Gasteiger charge is -2.37. The zero-order valence-corrected chi connectivity index (χ0v) is 21.6. The van der Waals surface area contributed by atoms with E-state index in [1.165, 1.54) is 43.7 Å². The second-order valence-electron chi connectivity index (χ2n) is 10.4. The smallest absolute Gasteiger partial charge is 0.201 e. The minimum Gasteiger partial charge on any atom is -0.491 e. The largest absolute Gasteiger partial charge is 0.491 e. The fourth-order valence-corrected chi connectivity index (χ4v) is 6.01. The van der Waals surface area contributed by atoms with E-state index in [9.17, 15) is 8.78 Å². The topological polar surface area (TPSA) is 18.5 Å². The van der Waals surface area contributed by atoms with Crippen LogP contribution in [0.2, 0.25) is 0 Å². The standard InChI is InChI=1S/C33H36F2O2/c1-3-22-5-7-25(8-6-22)28-17-19-30(37-21-28)27-15-11-24(12-16-27)23-9-13-26(14-10-23)29-18-20-31(36-4-2)33(35)32(29)34/h3,9-16,18,20,22,25,28,30H,1,4-8,17,19,21H2,2H3. The van der Waals surface area contributed by atoms with Crippen molar-refractivity contribution in [3.8, 4) is 28.0 Å². The van der Waals surface area contributed by atoms with Crippen molar-refractivity contribution >= 4 is 0 Å². The Kier molecular flexibility index (Phi) is 8.05. The summed E-state index contributed by atoms with van der Waals surface area (Å²) in [5, 5.41) is 0. The monoisotopic (exact) mass is 502 g/mol. The van der Waals surface area contributed by atoms with E-state index in [1.807, 2.05) is 24.3 Å². The second-order valence-corrected chi connectivity index (χ2v) is 10.4. The molecule has 0 aromatic heterocycles. The summed E-state index contributed by atoms with van der Waals surface area (Å²) in [7, 11) is 0. The molecule has 2 fully saturated rings. The molecular weight excluding hydrogens is 466 g/mol. The van der Waals surface area contributed by atoms with Crippen LogP contribution in [0.3, 0.4) is 0 Å². The average Bonchev–Trinajstić information content (AvgIpc) is 2.96. The molecule has 1 saturated carbocycles. The molecule has 5 rings (SSSR count). The van der Waals surface area contributed by atoms with Gasteiger partial charge in [0.15, 0.2) is 11.6 Å². The summed E-state index contributed by atoms with van der Waals surface area (Å²) < 4.78 is 40.4. The van der Waals surface area contributed by atoms with Crippen LogP contribution in [0.1, 0.15) is 57.1 Å². The van der Waals surface area contributed by atoms with Crippen LogP contribution in [-0.2, 0) is 4.74 Å². The number of hydrogen-bond donors (Lipinski definition) is 0. The summed E-state index contributed by atoms with van der Waals surface area (Å²) in [5.41, 5.74) is 4.19. The van der Waals surface area contributed by atoms with Crippen LogP contribution in [-0.4, -0.2) is 13.2 Å². The SMILES string of the molecule is C=CC1CCC(C2CCC(c3ccc(-c4ccc(-c5ccc(OCC)c(F)c5F)cc4)cc3)OC2)CC1. The molecule has 1 heterocycles. The van der Waals surface area contributed by atoms with E-state index in [-0.39, 0.29) is 24.0 Å². The fraction of sp³-hybridized carbons (Fsp3) is 0.394. The molecule has 37 heavy (non-hydrogen) atoms. The summed E-state index contributed by atoms with van der Waals surface area (Å²) in [6.07, 6.45) is 9.78. The molecule has 0 N–H and O–H groups in total. The molecule has 3 aromatic carbocycles. The van der Waals surface area contributed by atoms with Crippen LogP contribution in [0, 0.1) is 29.4 Å². The van der Waals surface area contributed by atoms with Crippen molar-refractivity contribution in [3.05, 3.63) is 90.5 Å². The number of benzene rings is 3. The van der Waals surface area contributed by atoms with Gasteiger partial charge in [-0.15, -0.1) is 6.58 Å². The van der Waals surface area contributed by atoms with Crippen LogP contribution < -0.4 is 4.74 Å². The van der Waals surface area contributed by atoms with E-state index < -0.39 is 11.6 Å². The third-order valence-corrected chi connectivity index (χ3v) is 8.29. The average molecular weight is 503 g/mol. The minimum atomic E-state index is -0.949. The maximum absolute atomic E-state index is 14.6. The summed E-state index contributed by atoms with van der Waals surface area (Å²) in [4.78, 5) is 0. The van der Waals surface area contributed by atoms with Gasteiger partial charge >= 0.3 is 0 Å². The van der Waals surface area contributed by atoms with Gasteiger partial charge in [0.05, 0.1) is 19.3 Å². The fourth-order valence-electron chi connectivity index (χ4n) is 6.01. The van der Waals surface area contributed by atoms with Crippen molar-refractivity contribution in [1.29, 1.82) is 0 Å². The van der Waals surface area contributed by atoms with Crippen LogP contribution in [0.4, 0.5) is 8.78 Å². The Morgan fingerprint density at radius 3 is 2.00 bits per heavy atom. The first-order chi connectivity index (χ1) is 18.1. The molecule has 1 saturated heterocycles. The molecule has 0 spiro atoms. The zero-order chi connectivity index (χ0) is 25.8. The number of ether oxygens (including phenoxy) is 2. The van der Waals surface area contributed by atoms with E-state index in [0.29, 0.717) is 17.4 Å². The quantitative estimate of drug-likeness (QED) is 0.300. The van der Waals surface area contributed by atoms with Gasteiger partial charge in [-0.3, -0.25) is 0 Å². The Balaban J connectivity index is 1.20. The Morgan fingerprint density at radius 2 is 1.41 bits per heavy atom. The van der Waals surface area contributed by atoms with Crippen LogP contribution >= 0.6 is 0 Å². The molecule has 2 nitrogen and oxygen atoms in total. The summed E-state index contributed by atoms with van der Waals surface area (Å²) in [6.45, 7) is 6.85. The van der Waals surface area contributed by atoms with Gasteiger partial charge in [0.1, 0.15) is 0 Å². The Bertz CT molecular complexity index is 1190. The van der Waals surface area contributed by atoms with Crippen molar-refractivity contribution in [2.24, 2.45) is 17.8 Å². The molecule has 2 unspecified atom stereocenters. The van der Waals surface area contributed by atoms with E-state index >= 15 is 0 Å².